The SMILES string of the molecule is N#C/C(=C\c1ccccc1Cc1cccc(F)c1)C(=O)Nc1ccc(Cl)c(Cl)c1. The first-order valence-electron chi connectivity index (χ1n) is 8.67. The molecule has 0 heterocycles. The maximum atomic E-state index is 13.5. The lowest BCUT2D eigenvalue weighted by Gasteiger charge is -2.08. The molecule has 0 aliphatic carbocycles. The van der Waals surface area contributed by atoms with Gasteiger partial charge in [-0.15, -0.1) is 0 Å². The third kappa shape index (κ3) is 5.45. The van der Waals surface area contributed by atoms with Crippen LogP contribution in [0.2, 0.25) is 10.0 Å². The van der Waals surface area contributed by atoms with Crippen molar-refractivity contribution in [3.8, 4) is 6.07 Å². The van der Waals surface area contributed by atoms with E-state index >= 15 is 0 Å². The molecule has 0 saturated carbocycles. The largest absolute Gasteiger partial charge is 0.321 e. The number of carbonyl (C=O) groups excluding carboxylic acids is 1. The second kappa shape index (κ2) is 9.38. The zero-order chi connectivity index (χ0) is 20.8. The standard InChI is InChI=1S/C23H15Cl2FN2O/c24-21-9-8-20(13-22(21)25)28-23(29)18(14-27)12-17-6-2-1-5-16(17)10-15-4-3-7-19(26)11-15/h1-9,11-13H,10H2,(H,28,29)/b18-12+. The van der Waals surface area contributed by atoms with Crippen molar-refractivity contribution in [3.63, 3.8) is 0 Å². The van der Waals surface area contributed by atoms with Crippen molar-refractivity contribution in [2.24, 2.45) is 0 Å². The average molecular weight is 425 g/mol. The van der Waals surface area contributed by atoms with Gasteiger partial charge in [-0.05, 0) is 59.5 Å². The molecule has 0 saturated heterocycles. The molecule has 0 spiro atoms. The molecule has 1 N–H and O–H groups in total. The Balaban J connectivity index is 1.86. The minimum atomic E-state index is -0.563. The Labute approximate surface area is 178 Å². The first-order chi connectivity index (χ1) is 14.0. The van der Waals surface area contributed by atoms with Crippen LogP contribution in [-0.4, -0.2) is 5.91 Å². The van der Waals surface area contributed by atoms with E-state index in [1.54, 1.807) is 24.3 Å². The van der Waals surface area contributed by atoms with Crippen LogP contribution >= 0.6 is 23.2 Å². The van der Waals surface area contributed by atoms with E-state index in [4.69, 9.17) is 23.2 Å². The fraction of sp³-hybridized carbons (Fsp3) is 0.0435. The Hall–Kier alpha value is -3.13. The van der Waals surface area contributed by atoms with Crippen LogP contribution < -0.4 is 5.32 Å². The Bertz CT molecular complexity index is 1140. The van der Waals surface area contributed by atoms with Gasteiger partial charge < -0.3 is 5.32 Å². The fourth-order valence-corrected chi connectivity index (χ4v) is 3.08. The molecule has 0 atom stereocenters. The summed E-state index contributed by atoms with van der Waals surface area (Å²) in [6, 6.07) is 20.3. The highest BCUT2D eigenvalue weighted by Gasteiger charge is 2.12. The Kier molecular flexibility index (Phi) is 6.66. The number of anilines is 1. The number of nitriles is 1. The third-order valence-electron chi connectivity index (χ3n) is 4.18. The van der Waals surface area contributed by atoms with Crippen LogP contribution in [0.15, 0.2) is 72.3 Å². The summed E-state index contributed by atoms with van der Waals surface area (Å²) in [5.74, 6) is -0.874. The Morgan fingerprint density at radius 1 is 1.03 bits per heavy atom. The molecule has 0 aromatic heterocycles. The summed E-state index contributed by atoms with van der Waals surface area (Å²) in [5, 5.41) is 12.8. The van der Waals surface area contributed by atoms with Crippen molar-refractivity contribution < 1.29 is 9.18 Å². The Morgan fingerprint density at radius 3 is 2.55 bits per heavy atom. The normalized spacial score (nSPS) is 11.0. The van der Waals surface area contributed by atoms with Gasteiger partial charge in [0.15, 0.2) is 0 Å². The number of benzene rings is 3. The molecule has 0 aliphatic rings. The van der Waals surface area contributed by atoms with Crippen LogP contribution in [0, 0.1) is 17.1 Å². The molecule has 0 radical (unpaired) electrons. The molecule has 144 valence electrons. The summed E-state index contributed by atoms with van der Waals surface area (Å²) < 4.78 is 13.5. The molecule has 1 amide bonds. The van der Waals surface area contributed by atoms with Crippen LogP contribution in [0.1, 0.15) is 16.7 Å². The molecule has 0 fully saturated rings. The minimum Gasteiger partial charge on any atom is -0.321 e. The van der Waals surface area contributed by atoms with Crippen molar-refractivity contribution in [3.05, 3.63) is 105 Å². The summed E-state index contributed by atoms with van der Waals surface area (Å²) in [6.45, 7) is 0. The quantitative estimate of drug-likeness (QED) is 0.387. The van der Waals surface area contributed by atoms with Crippen molar-refractivity contribution in [2.45, 2.75) is 6.42 Å². The topological polar surface area (TPSA) is 52.9 Å². The molecule has 0 bridgehead atoms. The van der Waals surface area contributed by atoms with Crippen LogP contribution in [-0.2, 0) is 11.2 Å². The van der Waals surface area contributed by atoms with Gasteiger partial charge in [0.05, 0.1) is 10.0 Å². The van der Waals surface area contributed by atoms with Crippen LogP contribution in [0.3, 0.4) is 0 Å². The lowest BCUT2D eigenvalue weighted by atomic mass is 9.98. The van der Waals surface area contributed by atoms with Gasteiger partial charge in [0, 0.05) is 5.69 Å². The smallest absolute Gasteiger partial charge is 0.266 e. The van der Waals surface area contributed by atoms with Crippen molar-refractivity contribution in [1.82, 2.24) is 0 Å². The molecule has 3 rings (SSSR count). The molecule has 6 heteroatoms. The van der Waals surface area contributed by atoms with Gasteiger partial charge in [0.1, 0.15) is 17.5 Å². The number of hydrogen-bond acceptors (Lipinski definition) is 2. The number of halogens is 3. The molecule has 0 unspecified atom stereocenters. The van der Waals surface area contributed by atoms with E-state index in [0.717, 1.165) is 11.1 Å². The van der Waals surface area contributed by atoms with Crippen LogP contribution in [0.25, 0.3) is 6.08 Å². The molecule has 29 heavy (non-hydrogen) atoms. The fourth-order valence-electron chi connectivity index (χ4n) is 2.78. The van der Waals surface area contributed by atoms with E-state index < -0.39 is 5.91 Å². The van der Waals surface area contributed by atoms with E-state index in [1.165, 1.54) is 24.3 Å². The van der Waals surface area contributed by atoms with E-state index in [2.05, 4.69) is 5.32 Å². The van der Waals surface area contributed by atoms with Gasteiger partial charge in [0.2, 0.25) is 0 Å². The lowest BCUT2D eigenvalue weighted by Crippen LogP contribution is -2.13. The molecular weight excluding hydrogens is 410 g/mol. The third-order valence-corrected chi connectivity index (χ3v) is 4.92. The van der Waals surface area contributed by atoms with Gasteiger partial charge in [-0.1, -0.05) is 59.6 Å². The molecule has 0 aliphatic heterocycles. The second-order valence-corrected chi connectivity index (χ2v) is 7.07. The number of nitrogens with one attached hydrogen (secondary N) is 1. The zero-order valence-electron chi connectivity index (χ0n) is 15.1. The van der Waals surface area contributed by atoms with Crippen LogP contribution in [0.5, 0.6) is 0 Å². The average Bonchev–Trinajstić information content (AvgIpc) is 2.70. The molecule has 3 nitrogen and oxygen atoms in total. The highest BCUT2D eigenvalue weighted by Crippen LogP contribution is 2.25. The van der Waals surface area contributed by atoms with Gasteiger partial charge in [-0.3, -0.25) is 4.79 Å². The second-order valence-electron chi connectivity index (χ2n) is 6.26. The summed E-state index contributed by atoms with van der Waals surface area (Å²) in [4.78, 5) is 12.5. The monoisotopic (exact) mass is 424 g/mol. The number of amides is 1. The maximum absolute atomic E-state index is 13.5. The first kappa shape index (κ1) is 20.6. The molecular formula is C23H15Cl2FN2O. The molecule has 3 aromatic carbocycles. The Morgan fingerprint density at radius 2 is 1.83 bits per heavy atom. The minimum absolute atomic E-state index is 0.0669. The molecule has 3 aromatic rings. The predicted molar refractivity (Wildman–Crippen MR) is 114 cm³/mol. The number of nitrogens with zero attached hydrogens (tertiary/aromatic N) is 1. The highest BCUT2D eigenvalue weighted by molar-refractivity contribution is 6.42. The zero-order valence-corrected chi connectivity index (χ0v) is 16.6. The van der Waals surface area contributed by atoms with Crippen molar-refractivity contribution in [2.75, 3.05) is 5.32 Å². The van der Waals surface area contributed by atoms with Crippen molar-refractivity contribution in [1.29, 1.82) is 5.26 Å². The summed E-state index contributed by atoms with van der Waals surface area (Å²) in [7, 11) is 0. The lowest BCUT2D eigenvalue weighted by molar-refractivity contribution is -0.112. The highest BCUT2D eigenvalue weighted by atomic mass is 35.5. The summed E-state index contributed by atoms with van der Waals surface area (Å²) in [6.07, 6.45) is 1.99. The van der Waals surface area contributed by atoms with Gasteiger partial charge in [0.25, 0.3) is 5.91 Å². The number of rotatable bonds is 5. The summed E-state index contributed by atoms with van der Waals surface area (Å²) >= 11 is 11.8. The predicted octanol–water partition coefficient (Wildman–Crippen LogP) is 6.27. The van der Waals surface area contributed by atoms with E-state index in [-0.39, 0.29) is 11.4 Å². The van der Waals surface area contributed by atoms with Gasteiger partial charge >= 0.3 is 0 Å². The summed E-state index contributed by atoms with van der Waals surface area (Å²) in [5.41, 5.74) is 2.73. The number of hydrogen-bond donors (Lipinski definition) is 1. The van der Waals surface area contributed by atoms with E-state index in [0.29, 0.717) is 27.7 Å². The van der Waals surface area contributed by atoms with Gasteiger partial charge in [-0.25, -0.2) is 4.39 Å². The van der Waals surface area contributed by atoms with E-state index in [9.17, 15) is 14.4 Å². The number of carbonyl (C=O) groups is 1. The first-order valence-corrected chi connectivity index (χ1v) is 9.42. The van der Waals surface area contributed by atoms with Crippen molar-refractivity contribution >= 4 is 40.9 Å². The van der Waals surface area contributed by atoms with E-state index in [1.807, 2.05) is 30.3 Å². The van der Waals surface area contributed by atoms with Crippen LogP contribution in [0.4, 0.5) is 10.1 Å². The maximum Gasteiger partial charge on any atom is 0.266 e. The van der Waals surface area contributed by atoms with Gasteiger partial charge in [-0.2, -0.15) is 5.26 Å².